The first-order valence-electron chi connectivity index (χ1n) is 8.87. The molecule has 1 fully saturated rings. The average molecular weight is 402 g/mol. The number of hydrogen-bond donors (Lipinski definition) is 1. The molecule has 1 atom stereocenters. The zero-order chi connectivity index (χ0) is 19.0. The van der Waals surface area contributed by atoms with E-state index >= 15 is 0 Å². The summed E-state index contributed by atoms with van der Waals surface area (Å²) in [5.41, 5.74) is 2.07. The first kappa shape index (κ1) is 18.2. The Labute approximate surface area is 167 Å². The van der Waals surface area contributed by atoms with Crippen molar-refractivity contribution in [1.29, 1.82) is 0 Å². The molecule has 1 aliphatic carbocycles. The molecule has 0 saturated heterocycles. The molecule has 1 saturated carbocycles. The molecular formula is C21H18Cl2FN3. The molecule has 1 unspecified atom stereocenters. The molecule has 0 spiro atoms. The van der Waals surface area contributed by atoms with Gasteiger partial charge < -0.3 is 5.32 Å². The van der Waals surface area contributed by atoms with Crippen LogP contribution in [0.1, 0.15) is 19.8 Å². The van der Waals surface area contributed by atoms with E-state index in [1.807, 2.05) is 18.2 Å². The molecule has 138 valence electrons. The zero-order valence-corrected chi connectivity index (χ0v) is 16.2. The van der Waals surface area contributed by atoms with Crippen molar-refractivity contribution in [3.8, 4) is 22.5 Å². The summed E-state index contributed by atoms with van der Waals surface area (Å²) < 4.78 is 14.6. The third kappa shape index (κ3) is 3.78. The lowest BCUT2D eigenvalue weighted by Gasteiger charge is -2.20. The van der Waals surface area contributed by atoms with Crippen molar-refractivity contribution in [1.82, 2.24) is 9.97 Å². The maximum atomic E-state index is 14.6. The number of nitrogens with zero attached hydrogens (tertiary/aromatic N) is 2. The van der Waals surface area contributed by atoms with Crippen LogP contribution in [0.15, 0.2) is 48.7 Å². The molecule has 2 aromatic heterocycles. The second-order valence-corrected chi connectivity index (χ2v) is 7.61. The Hall–Kier alpha value is -2.17. The van der Waals surface area contributed by atoms with Gasteiger partial charge in [-0.05, 0) is 56.0 Å². The quantitative estimate of drug-likeness (QED) is 0.532. The molecule has 4 rings (SSSR count). The van der Waals surface area contributed by atoms with Crippen molar-refractivity contribution in [2.75, 3.05) is 5.32 Å². The summed E-state index contributed by atoms with van der Waals surface area (Å²) in [4.78, 5) is 9.08. The molecule has 2 heterocycles. The Morgan fingerprint density at radius 1 is 1.04 bits per heavy atom. The van der Waals surface area contributed by atoms with Gasteiger partial charge in [0.1, 0.15) is 11.6 Å². The highest BCUT2D eigenvalue weighted by Crippen LogP contribution is 2.42. The minimum atomic E-state index is -0.432. The number of pyridine rings is 2. The summed E-state index contributed by atoms with van der Waals surface area (Å²) in [7, 11) is 0. The van der Waals surface area contributed by atoms with Gasteiger partial charge in [-0.25, -0.2) is 9.37 Å². The number of aromatic nitrogens is 2. The number of benzene rings is 1. The Bertz CT molecular complexity index is 954. The van der Waals surface area contributed by atoms with Crippen LogP contribution in [-0.4, -0.2) is 16.0 Å². The first-order chi connectivity index (χ1) is 13.0. The van der Waals surface area contributed by atoms with Gasteiger partial charge in [0.05, 0.1) is 21.4 Å². The standard InChI is InChI=1S/C21H18Cl2FN3/c1-12(13-8-9-13)26-21-20(19-14(22)5-4-6-16(19)24)15(23)11-18(27-21)17-7-2-3-10-25-17/h2-7,10-13H,8-9H2,1H3,(H,26,27). The van der Waals surface area contributed by atoms with Crippen LogP contribution >= 0.6 is 23.2 Å². The molecule has 1 aliphatic rings. The second kappa shape index (κ2) is 7.45. The van der Waals surface area contributed by atoms with Crippen LogP contribution in [0.25, 0.3) is 22.5 Å². The smallest absolute Gasteiger partial charge is 0.136 e. The summed E-state index contributed by atoms with van der Waals surface area (Å²) in [6.07, 6.45) is 4.06. The summed E-state index contributed by atoms with van der Waals surface area (Å²) in [5, 5.41) is 4.10. The van der Waals surface area contributed by atoms with Gasteiger partial charge in [0.15, 0.2) is 0 Å². The van der Waals surface area contributed by atoms with Crippen molar-refractivity contribution in [3.05, 3.63) is 64.5 Å². The number of anilines is 1. The largest absolute Gasteiger partial charge is 0.367 e. The Kier molecular flexibility index (Phi) is 5.02. The minimum Gasteiger partial charge on any atom is -0.367 e. The van der Waals surface area contributed by atoms with Gasteiger partial charge in [-0.3, -0.25) is 4.98 Å². The molecule has 3 aromatic rings. The van der Waals surface area contributed by atoms with Crippen LogP contribution in [0.2, 0.25) is 10.0 Å². The first-order valence-corrected chi connectivity index (χ1v) is 9.63. The minimum absolute atomic E-state index is 0.205. The van der Waals surface area contributed by atoms with Crippen LogP contribution in [0.4, 0.5) is 10.2 Å². The third-order valence-electron chi connectivity index (χ3n) is 4.80. The normalized spacial score (nSPS) is 14.8. The van der Waals surface area contributed by atoms with Crippen molar-refractivity contribution in [2.45, 2.75) is 25.8 Å². The molecule has 1 N–H and O–H groups in total. The van der Waals surface area contributed by atoms with E-state index < -0.39 is 5.82 Å². The average Bonchev–Trinajstić information content (AvgIpc) is 3.49. The molecule has 27 heavy (non-hydrogen) atoms. The van der Waals surface area contributed by atoms with Gasteiger partial charge in [0, 0.05) is 23.4 Å². The lowest BCUT2D eigenvalue weighted by molar-refractivity contribution is 0.631. The monoisotopic (exact) mass is 401 g/mol. The molecule has 6 heteroatoms. The molecule has 0 amide bonds. The number of nitrogens with one attached hydrogen (secondary N) is 1. The van der Waals surface area contributed by atoms with Gasteiger partial charge in [-0.1, -0.05) is 35.3 Å². The molecule has 0 aliphatic heterocycles. The van der Waals surface area contributed by atoms with E-state index in [0.29, 0.717) is 38.7 Å². The van der Waals surface area contributed by atoms with Crippen molar-refractivity contribution >= 4 is 29.0 Å². The zero-order valence-electron chi connectivity index (χ0n) is 14.7. The van der Waals surface area contributed by atoms with Gasteiger partial charge in [0.2, 0.25) is 0 Å². The number of halogens is 3. The maximum absolute atomic E-state index is 14.6. The lowest BCUT2D eigenvalue weighted by Crippen LogP contribution is -2.19. The van der Waals surface area contributed by atoms with Gasteiger partial charge >= 0.3 is 0 Å². The van der Waals surface area contributed by atoms with Gasteiger partial charge in [-0.15, -0.1) is 0 Å². The highest BCUT2D eigenvalue weighted by molar-refractivity contribution is 6.37. The highest BCUT2D eigenvalue weighted by atomic mass is 35.5. The van der Waals surface area contributed by atoms with E-state index in [-0.39, 0.29) is 11.6 Å². The van der Waals surface area contributed by atoms with E-state index in [1.165, 1.54) is 18.9 Å². The lowest BCUT2D eigenvalue weighted by atomic mass is 10.0. The van der Waals surface area contributed by atoms with Crippen molar-refractivity contribution in [3.63, 3.8) is 0 Å². The number of hydrogen-bond acceptors (Lipinski definition) is 3. The van der Waals surface area contributed by atoms with Crippen LogP contribution in [0, 0.1) is 11.7 Å². The van der Waals surface area contributed by atoms with Crippen LogP contribution < -0.4 is 5.32 Å². The fraction of sp³-hybridized carbons (Fsp3) is 0.238. The van der Waals surface area contributed by atoms with Gasteiger partial charge in [-0.2, -0.15) is 0 Å². The Balaban J connectivity index is 1.89. The predicted octanol–water partition coefficient (Wildman–Crippen LogP) is 6.47. The summed E-state index contributed by atoms with van der Waals surface area (Å²) in [6, 6.07) is 12.1. The molecule has 0 bridgehead atoms. The van der Waals surface area contributed by atoms with E-state index in [2.05, 4.69) is 17.2 Å². The summed E-state index contributed by atoms with van der Waals surface area (Å²) >= 11 is 12.9. The molecule has 0 radical (unpaired) electrons. The molecular weight excluding hydrogens is 384 g/mol. The van der Waals surface area contributed by atoms with Crippen LogP contribution in [0.5, 0.6) is 0 Å². The van der Waals surface area contributed by atoms with E-state index in [0.717, 1.165) is 0 Å². The predicted molar refractivity (Wildman–Crippen MR) is 109 cm³/mol. The van der Waals surface area contributed by atoms with E-state index in [4.69, 9.17) is 28.2 Å². The molecule has 1 aromatic carbocycles. The van der Waals surface area contributed by atoms with Crippen molar-refractivity contribution in [2.24, 2.45) is 5.92 Å². The van der Waals surface area contributed by atoms with Crippen LogP contribution in [-0.2, 0) is 0 Å². The van der Waals surface area contributed by atoms with Crippen molar-refractivity contribution < 1.29 is 4.39 Å². The SMILES string of the molecule is CC(Nc1nc(-c2ccccn2)cc(Cl)c1-c1c(F)cccc1Cl)C1CC1. The topological polar surface area (TPSA) is 37.8 Å². The Morgan fingerprint density at radius 2 is 1.85 bits per heavy atom. The second-order valence-electron chi connectivity index (χ2n) is 6.80. The number of rotatable bonds is 5. The Morgan fingerprint density at radius 3 is 2.52 bits per heavy atom. The van der Waals surface area contributed by atoms with Gasteiger partial charge in [0.25, 0.3) is 0 Å². The third-order valence-corrected chi connectivity index (χ3v) is 5.42. The summed E-state index contributed by atoms with van der Waals surface area (Å²) in [5.74, 6) is 0.682. The highest BCUT2D eigenvalue weighted by Gasteiger charge is 2.29. The van der Waals surface area contributed by atoms with E-state index in [1.54, 1.807) is 24.4 Å². The van der Waals surface area contributed by atoms with Crippen LogP contribution in [0.3, 0.4) is 0 Å². The maximum Gasteiger partial charge on any atom is 0.136 e. The molecule has 3 nitrogen and oxygen atoms in total. The summed E-state index contributed by atoms with van der Waals surface area (Å²) in [6.45, 7) is 2.10. The fourth-order valence-electron chi connectivity index (χ4n) is 3.17. The fourth-order valence-corrected chi connectivity index (χ4v) is 3.71. The van der Waals surface area contributed by atoms with E-state index in [9.17, 15) is 4.39 Å².